The fourth-order valence-electron chi connectivity index (χ4n) is 2.28. The molecule has 2 aromatic heterocycles. The number of aryl methyl sites for hydroxylation is 1. The van der Waals surface area contributed by atoms with Gasteiger partial charge in [-0.3, -0.25) is 14.8 Å². The highest BCUT2D eigenvalue weighted by atomic mass is 16.2. The Kier molecular flexibility index (Phi) is 2.55. The van der Waals surface area contributed by atoms with Gasteiger partial charge in [0.1, 0.15) is 0 Å². The van der Waals surface area contributed by atoms with Crippen LogP contribution in [0.3, 0.4) is 0 Å². The Hall–Kier alpha value is -2.23. The molecule has 0 aliphatic carbocycles. The minimum absolute atomic E-state index is 0.0368. The van der Waals surface area contributed by atoms with Gasteiger partial charge >= 0.3 is 0 Å². The SMILES string of the molecule is Cc1ccncc1N1CCc2cnccc2C1=O. The molecule has 0 fully saturated rings. The zero-order valence-electron chi connectivity index (χ0n) is 10.1. The summed E-state index contributed by atoms with van der Waals surface area (Å²) in [5.74, 6) is 0.0368. The predicted octanol–water partition coefficient (Wildman–Crippen LogP) is 1.99. The van der Waals surface area contributed by atoms with Crippen molar-refractivity contribution >= 4 is 11.6 Å². The van der Waals surface area contributed by atoms with E-state index in [1.54, 1.807) is 35.8 Å². The summed E-state index contributed by atoms with van der Waals surface area (Å²) in [4.78, 5) is 22.4. The third kappa shape index (κ3) is 1.66. The van der Waals surface area contributed by atoms with Gasteiger partial charge in [-0.2, -0.15) is 0 Å². The van der Waals surface area contributed by atoms with Crippen LogP contribution in [0, 0.1) is 6.92 Å². The summed E-state index contributed by atoms with van der Waals surface area (Å²) in [6.45, 7) is 2.68. The summed E-state index contributed by atoms with van der Waals surface area (Å²) in [5.41, 5.74) is 3.74. The number of aromatic nitrogens is 2. The molecule has 18 heavy (non-hydrogen) atoms. The second-order valence-electron chi connectivity index (χ2n) is 4.40. The van der Waals surface area contributed by atoms with Gasteiger partial charge in [-0.05, 0) is 36.6 Å². The molecule has 0 atom stereocenters. The maximum absolute atomic E-state index is 12.4. The number of rotatable bonds is 1. The molecule has 90 valence electrons. The lowest BCUT2D eigenvalue weighted by molar-refractivity contribution is 0.0980. The Morgan fingerprint density at radius 1 is 1.17 bits per heavy atom. The largest absolute Gasteiger partial charge is 0.306 e. The van der Waals surface area contributed by atoms with Gasteiger partial charge in [-0.1, -0.05) is 0 Å². The van der Waals surface area contributed by atoms with Crippen molar-refractivity contribution in [2.75, 3.05) is 11.4 Å². The van der Waals surface area contributed by atoms with Crippen molar-refractivity contribution in [3.05, 3.63) is 53.6 Å². The maximum atomic E-state index is 12.4. The molecular formula is C14H13N3O. The zero-order chi connectivity index (χ0) is 12.5. The average Bonchev–Trinajstić information content (AvgIpc) is 2.41. The first-order valence-corrected chi connectivity index (χ1v) is 5.93. The fraction of sp³-hybridized carbons (Fsp3) is 0.214. The van der Waals surface area contributed by atoms with Crippen molar-refractivity contribution < 1.29 is 4.79 Å². The molecule has 4 nitrogen and oxygen atoms in total. The van der Waals surface area contributed by atoms with Crippen LogP contribution < -0.4 is 4.90 Å². The summed E-state index contributed by atoms with van der Waals surface area (Å²) < 4.78 is 0. The Morgan fingerprint density at radius 2 is 1.94 bits per heavy atom. The van der Waals surface area contributed by atoms with Crippen LogP contribution in [0.15, 0.2) is 36.9 Å². The van der Waals surface area contributed by atoms with Crippen LogP contribution in [0.25, 0.3) is 0 Å². The first kappa shape index (κ1) is 10.9. The van der Waals surface area contributed by atoms with E-state index in [4.69, 9.17) is 0 Å². The summed E-state index contributed by atoms with van der Waals surface area (Å²) in [6, 6.07) is 3.71. The molecule has 2 aromatic rings. The molecule has 0 radical (unpaired) electrons. The second-order valence-corrected chi connectivity index (χ2v) is 4.40. The average molecular weight is 239 g/mol. The van der Waals surface area contributed by atoms with E-state index < -0.39 is 0 Å². The molecule has 4 heteroatoms. The van der Waals surface area contributed by atoms with Gasteiger partial charge in [-0.15, -0.1) is 0 Å². The molecule has 0 aromatic carbocycles. The van der Waals surface area contributed by atoms with Gasteiger partial charge in [-0.25, -0.2) is 0 Å². The van der Waals surface area contributed by atoms with Crippen molar-refractivity contribution in [1.29, 1.82) is 0 Å². The highest BCUT2D eigenvalue weighted by Crippen LogP contribution is 2.25. The topological polar surface area (TPSA) is 46.1 Å². The standard InChI is InChI=1S/C14H13N3O/c1-10-2-5-16-9-13(10)17-7-4-11-8-15-6-3-12(11)14(17)18/h2-3,5-6,8-9H,4,7H2,1H3. The third-order valence-corrected chi connectivity index (χ3v) is 3.29. The fourth-order valence-corrected chi connectivity index (χ4v) is 2.28. The molecule has 0 saturated heterocycles. The maximum Gasteiger partial charge on any atom is 0.258 e. The summed E-state index contributed by atoms with van der Waals surface area (Å²) in [7, 11) is 0. The Labute approximate surface area is 105 Å². The molecule has 3 heterocycles. The number of pyridine rings is 2. The number of amides is 1. The monoisotopic (exact) mass is 239 g/mol. The molecule has 0 spiro atoms. The molecule has 1 aliphatic rings. The number of anilines is 1. The molecule has 0 saturated carbocycles. The number of fused-ring (bicyclic) bond motifs is 1. The number of hydrogen-bond acceptors (Lipinski definition) is 3. The van der Waals surface area contributed by atoms with E-state index in [1.165, 1.54) is 0 Å². The van der Waals surface area contributed by atoms with E-state index >= 15 is 0 Å². The van der Waals surface area contributed by atoms with Crippen molar-refractivity contribution in [1.82, 2.24) is 9.97 Å². The van der Waals surface area contributed by atoms with Crippen molar-refractivity contribution in [2.24, 2.45) is 0 Å². The second kappa shape index (κ2) is 4.22. The Morgan fingerprint density at radius 3 is 2.78 bits per heavy atom. The zero-order valence-corrected chi connectivity index (χ0v) is 10.1. The van der Waals surface area contributed by atoms with Crippen molar-refractivity contribution in [3.63, 3.8) is 0 Å². The smallest absolute Gasteiger partial charge is 0.258 e. The van der Waals surface area contributed by atoms with Crippen LogP contribution in [-0.2, 0) is 6.42 Å². The number of carbonyl (C=O) groups is 1. The van der Waals surface area contributed by atoms with Gasteiger partial charge in [0.2, 0.25) is 0 Å². The quantitative estimate of drug-likeness (QED) is 0.764. The lowest BCUT2D eigenvalue weighted by Crippen LogP contribution is -2.38. The highest BCUT2D eigenvalue weighted by Gasteiger charge is 2.26. The first-order valence-electron chi connectivity index (χ1n) is 5.93. The van der Waals surface area contributed by atoms with Crippen LogP contribution in [0.1, 0.15) is 21.5 Å². The van der Waals surface area contributed by atoms with Crippen molar-refractivity contribution in [2.45, 2.75) is 13.3 Å². The van der Waals surface area contributed by atoms with E-state index in [0.717, 1.165) is 28.8 Å². The summed E-state index contributed by atoms with van der Waals surface area (Å²) >= 11 is 0. The van der Waals surface area contributed by atoms with E-state index in [9.17, 15) is 4.79 Å². The van der Waals surface area contributed by atoms with Crippen LogP contribution >= 0.6 is 0 Å². The van der Waals surface area contributed by atoms with Crippen LogP contribution in [0.2, 0.25) is 0 Å². The van der Waals surface area contributed by atoms with E-state index in [2.05, 4.69) is 9.97 Å². The molecule has 0 bridgehead atoms. The molecule has 0 N–H and O–H groups in total. The van der Waals surface area contributed by atoms with Crippen molar-refractivity contribution in [3.8, 4) is 0 Å². The van der Waals surface area contributed by atoms with Gasteiger partial charge < -0.3 is 4.90 Å². The minimum atomic E-state index is 0.0368. The van der Waals surface area contributed by atoms with Gasteiger partial charge in [0, 0.05) is 30.7 Å². The summed E-state index contributed by atoms with van der Waals surface area (Å²) in [6.07, 6.45) is 7.77. The van der Waals surface area contributed by atoms with Crippen LogP contribution in [-0.4, -0.2) is 22.4 Å². The first-order chi connectivity index (χ1) is 8.77. The van der Waals surface area contributed by atoms with Gasteiger partial charge in [0.15, 0.2) is 0 Å². The molecule has 1 amide bonds. The number of nitrogens with zero attached hydrogens (tertiary/aromatic N) is 3. The Bertz CT molecular complexity index is 609. The lowest BCUT2D eigenvalue weighted by Gasteiger charge is -2.29. The summed E-state index contributed by atoms with van der Waals surface area (Å²) in [5, 5.41) is 0. The van der Waals surface area contributed by atoms with Gasteiger partial charge in [0.05, 0.1) is 11.9 Å². The van der Waals surface area contributed by atoms with E-state index in [-0.39, 0.29) is 5.91 Å². The predicted molar refractivity (Wildman–Crippen MR) is 68.6 cm³/mol. The number of hydrogen-bond donors (Lipinski definition) is 0. The molecule has 3 rings (SSSR count). The van der Waals surface area contributed by atoms with Gasteiger partial charge in [0.25, 0.3) is 5.91 Å². The number of carbonyl (C=O) groups excluding carboxylic acids is 1. The normalized spacial score (nSPS) is 14.5. The molecule has 1 aliphatic heterocycles. The Balaban J connectivity index is 2.03. The van der Waals surface area contributed by atoms with E-state index in [1.807, 2.05) is 13.0 Å². The molecular weight excluding hydrogens is 226 g/mol. The third-order valence-electron chi connectivity index (χ3n) is 3.29. The molecule has 0 unspecified atom stereocenters. The van der Waals surface area contributed by atoms with Crippen LogP contribution in [0.5, 0.6) is 0 Å². The lowest BCUT2D eigenvalue weighted by atomic mass is 10.0. The van der Waals surface area contributed by atoms with E-state index in [0.29, 0.717) is 6.54 Å². The van der Waals surface area contributed by atoms with Crippen LogP contribution in [0.4, 0.5) is 5.69 Å². The minimum Gasteiger partial charge on any atom is -0.306 e. The highest BCUT2D eigenvalue weighted by molar-refractivity contribution is 6.08.